The summed E-state index contributed by atoms with van der Waals surface area (Å²) in [6.45, 7) is 1.27. The lowest BCUT2D eigenvalue weighted by Gasteiger charge is -2.10. The SMILES string of the molecule is F[C@H]1CNC[C@@H]1c1ccccc1. The highest BCUT2D eigenvalue weighted by atomic mass is 19.1. The molecule has 2 atom stereocenters. The van der Waals surface area contributed by atoms with E-state index < -0.39 is 6.17 Å². The second-order valence-electron chi connectivity index (χ2n) is 3.19. The lowest BCUT2D eigenvalue weighted by Crippen LogP contribution is -2.10. The maximum absolute atomic E-state index is 13.2. The van der Waals surface area contributed by atoms with Crippen LogP contribution in [0.25, 0.3) is 0 Å². The van der Waals surface area contributed by atoms with Crippen molar-refractivity contribution >= 4 is 0 Å². The molecular weight excluding hydrogens is 153 g/mol. The third kappa shape index (κ3) is 1.34. The molecule has 1 saturated heterocycles. The van der Waals surface area contributed by atoms with Crippen LogP contribution in [0.1, 0.15) is 11.5 Å². The van der Waals surface area contributed by atoms with Crippen LogP contribution in [0.3, 0.4) is 0 Å². The van der Waals surface area contributed by atoms with Gasteiger partial charge in [-0.3, -0.25) is 0 Å². The van der Waals surface area contributed by atoms with E-state index in [0.717, 1.165) is 12.1 Å². The molecule has 0 bridgehead atoms. The number of benzene rings is 1. The van der Waals surface area contributed by atoms with E-state index in [1.54, 1.807) is 0 Å². The van der Waals surface area contributed by atoms with Crippen molar-refractivity contribution in [2.75, 3.05) is 13.1 Å². The Hall–Kier alpha value is -0.890. The third-order valence-electron chi connectivity index (χ3n) is 2.37. The van der Waals surface area contributed by atoms with Crippen LogP contribution in [0.2, 0.25) is 0 Å². The molecule has 2 rings (SSSR count). The van der Waals surface area contributed by atoms with Gasteiger partial charge in [-0.25, -0.2) is 4.39 Å². The van der Waals surface area contributed by atoms with Crippen LogP contribution in [0.4, 0.5) is 4.39 Å². The average molecular weight is 165 g/mol. The molecule has 0 amide bonds. The smallest absolute Gasteiger partial charge is 0.121 e. The summed E-state index contributed by atoms with van der Waals surface area (Å²) in [7, 11) is 0. The maximum atomic E-state index is 13.2. The molecule has 0 spiro atoms. The van der Waals surface area contributed by atoms with Gasteiger partial charge in [0.2, 0.25) is 0 Å². The normalized spacial score (nSPS) is 29.1. The van der Waals surface area contributed by atoms with Crippen LogP contribution in [0.15, 0.2) is 30.3 Å². The Balaban J connectivity index is 2.19. The summed E-state index contributed by atoms with van der Waals surface area (Å²) in [4.78, 5) is 0. The van der Waals surface area contributed by atoms with Crippen LogP contribution >= 0.6 is 0 Å². The molecule has 1 fully saturated rings. The number of halogens is 1. The van der Waals surface area contributed by atoms with Gasteiger partial charge >= 0.3 is 0 Å². The molecule has 1 aliphatic rings. The molecule has 0 unspecified atom stereocenters. The molecule has 1 aromatic rings. The summed E-state index contributed by atoms with van der Waals surface area (Å²) in [5.74, 6) is 0.0613. The van der Waals surface area contributed by atoms with Gasteiger partial charge in [0.15, 0.2) is 0 Å². The first-order valence-electron chi connectivity index (χ1n) is 4.27. The molecule has 0 radical (unpaired) electrons. The van der Waals surface area contributed by atoms with Crippen molar-refractivity contribution < 1.29 is 4.39 Å². The summed E-state index contributed by atoms with van der Waals surface area (Å²) < 4.78 is 13.2. The second-order valence-corrected chi connectivity index (χ2v) is 3.19. The Morgan fingerprint density at radius 1 is 1.17 bits per heavy atom. The van der Waals surface area contributed by atoms with E-state index in [-0.39, 0.29) is 5.92 Å². The predicted molar refractivity (Wildman–Crippen MR) is 46.9 cm³/mol. The van der Waals surface area contributed by atoms with E-state index in [1.807, 2.05) is 30.3 Å². The van der Waals surface area contributed by atoms with Gasteiger partial charge in [0, 0.05) is 19.0 Å². The van der Waals surface area contributed by atoms with Crippen molar-refractivity contribution in [3.8, 4) is 0 Å². The number of hydrogen-bond acceptors (Lipinski definition) is 1. The number of alkyl halides is 1. The molecule has 2 heteroatoms. The Morgan fingerprint density at radius 2 is 1.92 bits per heavy atom. The highest BCUT2D eigenvalue weighted by molar-refractivity contribution is 5.22. The molecule has 1 nitrogen and oxygen atoms in total. The van der Waals surface area contributed by atoms with Gasteiger partial charge in [-0.2, -0.15) is 0 Å². The molecule has 1 heterocycles. The number of rotatable bonds is 1. The zero-order valence-corrected chi connectivity index (χ0v) is 6.83. The quantitative estimate of drug-likeness (QED) is 0.668. The minimum Gasteiger partial charge on any atom is -0.313 e. The summed E-state index contributed by atoms with van der Waals surface area (Å²) in [5.41, 5.74) is 1.11. The van der Waals surface area contributed by atoms with Crippen molar-refractivity contribution in [1.82, 2.24) is 5.32 Å². The largest absolute Gasteiger partial charge is 0.313 e. The van der Waals surface area contributed by atoms with E-state index in [2.05, 4.69) is 5.32 Å². The van der Waals surface area contributed by atoms with Gasteiger partial charge in [0.1, 0.15) is 6.17 Å². The van der Waals surface area contributed by atoms with Crippen molar-refractivity contribution in [3.63, 3.8) is 0 Å². The third-order valence-corrected chi connectivity index (χ3v) is 2.37. The molecule has 0 aliphatic carbocycles. The second kappa shape index (κ2) is 3.23. The molecular formula is C10H12FN. The van der Waals surface area contributed by atoms with E-state index in [0.29, 0.717) is 6.54 Å². The summed E-state index contributed by atoms with van der Waals surface area (Å²) in [6.07, 6.45) is -0.715. The molecule has 1 aliphatic heterocycles. The monoisotopic (exact) mass is 165 g/mol. The maximum Gasteiger partial charge on any atom is 0.121 e. The van der Waals surface area contributed by atoms with Crippen LogP contribution in [-0.4, -0.2) is 19.3 Å². The van der Waals surface area contributed by atoms with Gasteiger partial charge in [0.25, 0.3) is 0 Å². The molecule has 0 aromatic heterocycles. The summed E-state index contributed by atoms with van der Waals surface area (Å²) in [5, 5.41) is 3.05. The van der Waals surface area contributed by atoms with Gasteiger partial charge in [0.05, 0.1) is 0 Å². The fourth-order valence-electron chi connectivity index (χ4n) is 1.67. The Labute approximate surface area is 71.6 Å². The Morgan fingerprint density at radius 3 is 2.50 bits per heavy atom. The van der Waals surface area contributed by atoms with Gasteiger partial charge in [-0.1, -0.05) is 30.3 Å². The van der Waals surface area contributed by atoms with Gasteiger partial charge in [-0.15, -0.1) is 0 Å². The van der Waals surface area contributed by atoms with E-state index in [9.17, 15) is 4.39 Å². The fraction of sp³-hybridized carbons (Fsp3) is 0.400. The summed E-state index contributed by atoms with van der Waals surface area (Å²) >= 11 is 0. The predicted octanol–water partition coefficient (Wildman–Crippen LogP) is 1.71. The first kappa shape index (κ1) is 7.74. The Bertz CT molecular complexity index is 247. The fourth-order valence-corrected chi connectivity index (χ4v) is 1.67. The highest BCUT2D eigenvalue weighted by Crippen LogP contribution is 2.24. The Kier molecular flexibility index (Phi) is 2.09. The number of hydrogen-bond donors (Lipinski definition) is 1. The zero-order chi connectivity index (χ0) is 8.39. The topological polar surface area (TPSA) is 12.0 Å². The van der Waals surface area contributed by atoms with Crippen molar-refractivity contribution in [2.45, 2.75) is 12.1 Å². The standard InChI is InChI=1S/C10H12FN/c11-10-7-12-6-9(10)8-4-2-1-3-5-8/h1-5,9-10,12H,6-7H2/t9-,10+/m1/s1. The molecule has 1 aromatic carbocycles. The van der Waals surface area contributed by atoms with Crippen LogP contribution in [0.5, 0.6) is 0 Å². The first-order chi connectivity index (χ1) is 5.88. The summed E-state index contributed by atoms with van der Waals surface area (Å²) in [6, 6.07) is 9.86. The molecule has 1 N–H and O–H groups in total. The molecule has 0 saturated carbocycles. The lowest BCUT2D eigenvalue weighted by molar-refractivity contribution is 0.332. The van der Waals surface area contributed by atoms with Crippen molar-refractivity contribution in [3.05, 3.63) is 35.9 Å². The lowest BCUT2D eigenvalue weighted by atomic mass is 9.97. The number of nitrogens with one attached hydrogen (secondary N) is 1. The van der Waals surface area contributed by atoms with Crippen molar-refractivity contribution in [2.24, 2.45) is 0 Å². The van der Waals surface area contributed by atoms with Gasteiger partial charge in [-0.05, 0) is 5.56 Å². The molecule has 12 heavy (non-hydrogen) atoms. The van der Waals surface area contributed by atoms with E-state index in [4.69, 9.17) is 0 Å². The van der Waals surface area contributed by atoms with E-state index in [1.165, 1.54) is 0 Å². The van der Waals surface area contributed by atoms with Crippen LogP contribution in [-0.2, 0) is 0 Å². The first-order valence-corrected chi connectivity index (χ1v) is 4.27. The average Bonchev–Trinajstić information content (AvgIpc) is 2.53. The zero-order valence-electron chi connectivity index (χ0n) is 6.83. The minimum absolute atomic E-state index is 0.0613. The highest BCUT2D eigenvalue weighted by Gasteiger charge is 2.27. The molecule has 64 valence electrons. The van der Waals surface area contributed by atoms with Crippen LogP contribution in [0, 0.1) is 0 Å². The minimum atomic E-state index is -0.715. The van der Waals surface area contributed by atoms with Gasteiger partial charge < -0.3 is 5.32 Å². The van der Waals surface area contributed by atoms with E-state index >= 15 is 0 Å². The van der Waals surface area contributed by atoms with Crippen molar-refractivity contribution in [1.29, 1.82) is 0 Å². The van der Waals surface area contributed by atoms with Crippen LogP contribution < -0.4 is 5.32 Å².